The van der Waals surface area contributed by atoms with Crippen molar-refractivity contribution in [3.05, 3.63) is 0 Å². The van der Waals surface area contributed by atoms with Crippen LogP contribution in [0.15, 0.2) is 0 Å². The van der Waals surface area contributed by atoms with Gasteiger partial charge in [0.2, 0.25) is 0 Å². The summed E-state index contributed by atoms with van der Waals surface area (Å²) >= 11 is 0. The monoisotopic (exact) mass is 212 g/mol. The van der Waals surface area contributed by atoms with E-state index < -0.39 is 0 Å². The average Bonchev–Trinajstić information content (AvgIpc) is 2.69. The molecule has 0 aromatic rings. The largest absolute Gasteiger partial charge is 0.380 e. The quantitative estimate of drug-likeness (QED) is 0.738. The molecule has 0 spiro atoms. The van der Waals surface area contributed by atoms with Gasteiger partial charge in [-0.05, 0) is 45.3 Å². The summed E-state index contributed by atoms with van der Waals surface area (Å²) in [6.07, 6.45) is 4.00. The van der Waals surface area contributed by atoms with Gasteiger partial charge in [0.25, 0.3) is 0 Å². The Labute approximate surface area is 93.2 Å². The second kappa shape index (κ2) is 5.28. The maximum atomic E-state index is 5.46. The predicted octanol–water partition coefficient (Wildman–Crippen LogP) is 1.10. The lowest BCUT2D eigenvalue weighted by Gasteiger charge is -2.45. The molecule has 0 aromatic carbocycles. The summed E-state index contributed by atoms with van der Waals surface area (Å²) in [5.74, 6) is 0.871. The molecule has 3 nitrogen and oxygen atoms in total. The molecule has 1 aliphatic heterocycles. The van der Waals surface area contributed by atoms with Crippen molar-refractivity contribution in [3.8, 4) is 0 Å². The fourth-order valence-corrected chi connectivity index (χ4v) is 2.77. The molecular weight excluding hydrogens is 188 g/mol. The minimum absolute atomic E-state index is 0.680. The molecular formula is C12H24N2O. The van der Waals surface area contributed by atoms with Gasteiger partial charge in [-0.3, -0.25) is 4.90 Å². The van der Waals surface area contributed by atoms with E-state index in [1.807, 2.05) is 0 Å². The van der Waals surface area contributed by atoms with E-state index in [2.05, 4.69) is 24.2 Å². The molecule has 1 saturated heterocycles. The second-order valence-corrected chi connectivity index (χ2v) is 4.90. The van der Waals surface area contributed by atoms with Crippen molar-refractivity contribution >= 4 is 0 Å². The summed E-state index contributed by atoms with van der Waals surface area (Å²) in [5.41, 5.74) is 0. The van der Waals surface area contributed by atoms with E-state index in [0.717, 1.165) is 31.7 Å². The summed E-state index contributed by atoms with van der Waals surface area (Å²) < 4.78 is 5.46. The van der Waals surface area contributed by atoms with Crippen LogP contribution in [-0.4, -0.2) is 50.3 Å². The number of likely N-dealkylation sites (N-methyl/N-ethyl adjacent to an activating group) is 1. The van der Waals surface area contributed by atoms with E-state index in [1.54, 1.807) is 0 Å². The van der Waals surface area contributed by atoms with Crippen LogP contribution in [0, 0.1) is 5.92 Å². The highest BCUT2D eigenvalue weighted by atomic mass is 16.5. The summed E-state index contributed by atoms with van der Waals surface area (Å²) in [6, 6.07) is 1.48. The van der Waals surface area contributed by atoms with Crippen molar-refractivity contribution < 1.29 is 4.74 Å². The van der Waals surface area contributed by atoms with Gasteiger partial charge in [-0.15, -0.1) is 0 Å². The van der Waals surface area contributed by atoms with Crippen LogP contribution in [0.3, 0.4) is 0 Å². The predicted molar refractivity (Wildman–Crippen MR) is 62.0 cm³/mol. The first-order chi connectivity index (χ1) is 7.33. The van der Waals surface area contributed by atoms with E-state index in [9.17, 15) is 0 Å². The Kier molecular flexibility index (Phi) is 4.00. The van der Waals surface area contributed by atoms with Crippen LogP contribution >= 0.6 is 0 Å². The van der Waals surface area contributed by atoms with Gasteiger partial charge in [0.1, 0.15) is 0 Å². The van der Waals surface area contributed by atoms with Crippen LogP contribution in [-0.2, 0) is 4.74 Å². The zero-order chi connectivity index (χ0) is 10.7. The van der Waals surface area contributed by atoms with Crippen LogP contribution < -0.4 is 5.32 Å². The molecule has 0 radical (unpaired) electrons. The number of nitrogens with one attached hydrogen (secondary N) is 1. The molecule has 15 heavy (non-hydrogen) atoms. The zero-order valence-electron chi connectivity index (χ0n) is 10.0. The van der Waals surface area contributed by atoms with Gasteiger partial charge in [-0.2, -0.15) is 0 Å². The van der Waals surface area contributed by atoms with Crippen LogP contribution in [0.4, 0.5) is 0 Å². The topological polar surface area (TPSA) is 24.5 Å². The minimum Gasteiger partial charge on any atom is -0.380 e. The third-order valence-corrected chi connectivity index (χ3v) is 4.04. The summed E-state index contributed by atoms with van der Waals surface area (Å²) in [4.78, 5) is 2.57. The SMILES string of the molecule is CCNCC1CCC1N(C)C1CCOC1. The van der Waals surface area contributed by atoms with Gasteiger partial charge in [-0.1, -0.05) is 6.92 Å². The van der Waals surface area contributed by atoms with Gasteiger partial charge in [-0.25, -0.2) is 0 Å². The smallest absolute Gasteiger partial charge is 0.0622 e. The molecule has 2 aliphatic rings. The summed E-state index contributed by atoms with van der Waals surface area (Å²) in [7, 11) is 2.28. The maximum Gasteiger partial charge on any atom is 0.0622 e. The fourth-order valence-electron chi connectivity index (χ4n) is 2.77. The lowest BCUT2D eigenvalue weighted by atomic mass is 9.78. The minimum atomic E-state index is 0.680. The Hall–Kier alpha value is -0.120. The molecule has 1 heterocycles. The van der Waals surface area contributed by atoms with Crippen molar-refractivity contribution in [1.29, 1.82) is 0 Å². The first kappa shape index (κ1) is 11.4. The Morgan fingerprint density at radius 3 is 2.73 bits per heavy atom. The van der Waals surface area contributed by atoms with E-state index >= 15 is 0 Å². The number of hydrogen-bond donors (Lipinski definition) is 1. The summed E-state index contributed by atoms with van der Waals surface area (Å²) in [5, 5.41) is 3.47. The van der Waals surface area contributed by atoms with Crippen LogP contribution in [0.5, 0.6) is 0 Å². The molecule has 3 heteroatoms. The number of nitrogens with zero attached hydrogens (tertiary/aromatic N) is 1. The van der Waals surface area contributed by atoms with Crippen molar-refractivity contribution in [2.75, 3.05) is 33.4 Å². The molecule has 1 N–H and O–H groups in total. The molecule has 2 rings (SSSR count). The normalized spacial score (nSPS) is 35.8. The summed E-state index contributed by atoms with van der Waals surface area (Å²) in [6.45, 7) is 6.38. The molecule has 1 aliphatic carbocycles. The zero-order valence-corrected chi connectivity index (χ0v) is 10.0. The molecule has 88 valence electrons. The molecule has 2 fully saturated rings. The van der Waals surface area contributed by atoms with Gasteiger partial charge < -0.3 is 10.1 Å². The Bertz CT molecular complexity index is 192. The van der Waals surface area contributed by atoms with Gasteiger partial charge in [0.05, 0.1) is 6.61 Å². The van der Waals surface area contributed by atoms with E-state index in [-0.39, 0.29) is 0 Å². The second-order valence-electron chi connectivity index (χ2n) is 4.90. The molecule has 0 aromatic heterocycles. The molecule has 3 unspecified atom stereocenters. The highest BCUT2D eigenvalue weighted by molar-refractivity contribution is 4.92. The standard InChI is InChI=1S/C12H24N2O/c1-3-13-8-10-4-5-12(10)14(2)11-6-7-15-9-11/h10-13H,3-9H2,1-2H3. The van der Waals surface area contributed by atoms with Crippen molar-refractivity contribution in [1.82, 2.24) is 10.2 Å². The van der Waals surface area contributed by atoms with Gasteiger partial charge in [0.15, 0.2) is 0 Å². The van der Waals surface area contributed by atoms with Crippen molar-refractivity contribution in [2.45, 2.75) is 38.3 Å². The number of rotatable bonds is 5. The average molecular weight is 212 g/mol. The Balaban J connectivity index is 1.77. The third kappa shape index (κ3) is 2.52. The van der Waals surface area contributed by atoms with E-state index in [0.29, 0.717) is 6.04 Å². The lowest BCUT2D eigenvalue weighted by molar-refractivity contribution is 0.0441. The number of ether oxygens (including phenoxy) is 1. The fraction of sp³-hybridized carbons (Fsp3) is 1.00. The third-order valence-electron chi connectivity index (χ3n) is 4.04. The van der Waals surface area contributed by atoms with Crippen molar-refractivity contribution in [2.24, 2.45) is 5.92 Å². The maximum absolute atomic E-state index is 5.46. The van der Waals surface area contributed by atoms with Gasteiger partial charge in [0, 0.05) is 18.7 Å². The van der Waals surface area contributed by atoms with E-state index in [1.165, 1.54) is 25.8 Å². The molecule has 0 amide bonds. The molecule has 1 saturated carbocycles. The lowest BCUT2D eigenvalue weighted by Crippen LogP contribution is -2.52. The van der Waals surface area contributed by atoms with Gasteiger partial charge >= 0.3 is 0 Å². The van der Waals surface area contributed by atoms with Crippen LogP contribution in [0.1, 0.15) is 26.2 Å². The number of hydrogen-bond acceptors (Lipinski definition) is 3. The van der Waals surface area contributed by atoms with Crippen LogP contribution in [0.2, 0.25) is 0 Å². The van der Waals surface area contributed by atoms with Crippen molar-refractivity contribution in [3.63, 3.8) is 0 Å². The first-order valence-electron chi connectivity index (χ1n) is 6.33. The first-order valence-corrected chi connectivity index (χ1v) is 6.33. The van der Waals surface area contributed by atoms with E-state index in [4.69, 9.17) is 4.74 Å². The molecule has 3 atom stereocenters. The Morgan fingerprint density at radius 2 is 2.20 bits per heavy atom. The Morgan fingerprint density at radius 1 is 1.33 bits per heavy atom. The molecule has 0 bridgehead atoms. The van der Waals surface area contributed by atoms with Crippen LogP contribution in [0.25, 0.3) is 0 Å². The highest BCUT2D eigenvalue weighted by Crippen LogP contribution is 2.33. The highest BCUT2D eigenvalue weighted by Gasteiger charge is 2.37.